The highest BCUT2D eigenvalue weighted by Crippen LogP contribution is 2.16. The number of unbranched alkanes of at least 4 members (excludes halogenated alkanes) is 2. The van der Waals surface area contributed by atoms with Gasteiger partial charge in [-0.15, -0.1) is 0 Å². The third-order valence-electron chi connectivity index (χ3n) is 4.72. The third-order valence-corrected chi connectivity index (χ3v) is 6.20. The zero-order chi connectivity index (χ0) is 19.7. The second kappa shape index (κ2) is 10.5. The summed E-state index contributed by atoms with van der Waals surface area (Å²) in [4.78, 5) is 2.51. The van der Waals surface area contributed by atoms with Crippen molar-refractivity contribution in [1.82, 2.24) is 4.72 Å². The topological polar surface area (TPSA) is 49.4 Å². The normalized spacial score (nSPS) is 11.5. The quantitative estimate of drug-likeness (QED) is 0.575. The lowest BCUT2D eigenvalue weighted by Crippen LogP contribution is -2.35. The van der Waals surface area contributed by atoms with Gasteiger partial charge in [0.05, 0.1) is 4.90 Å². The van der Waals surface area contributed by atoms with Crippen LogP contribution in [0.15, 0.2) is 53.4 Å². The Balaban J connectivity index is 1.91. The SMILES string of the molecule is CCCCCc1ccc(S(=O)(=O)NCCN(CC)c2cccc(C)c2)cc1. The smallest absolute Gasteiger partial charge is 0.240 e. The molecule has 0 atom stereocenters. The Morgan fingerprint density at radius 1 is 1.00 bits per heavy atom. The van der Waals surface area contributed by atoms with E-state index in [9.17, 15) is 8.42 Å². The Morgan fingerprint density at radius 3 is 2.37 bits per heavy atom. The first kappa shape index (κ1) is 21.5. The minimum absolute atomic E-state index is 0.334. The van der Waals surface area contributed by atoms with E-state index in [1.165, 1.54) is 24.0 Å². The van der Waals surface area contributed by atoms with Crippen molar-refractivity contribution in [2.45, 2.75) is 51.3 Å². The largest absolute Gasteiger partial charge is 0.370 e. The number of anilines is 1. The van der Waals surface area contributed by atoms with Crippen LogP contribution in [0.3, 0.4) is 0 Å². The van der Waals surface area contributed by atoms with Crippen LogP contribution in [-0.2, 0) is 16.4 Å². The van der Waals surface area contributed by atoms with Gasteiger partial charge in [-0.2, -0.15) is 0 Å². The molecule has 0 heterocycles. The molecule has 2 aromatic carbocycles. The van der Waals surface area contributed by atoms with Gasteiger partial charge < -0.3 is 4.90 Å². The summed E-state index contributed by atoms with van der Waals surface area (Å²) in [5.41, 5.74) is 3.51. The molecule has 0 aromatic heterocycles. The van der Waals surface area contributed by atoms with Crippen molar-refractivity contribution in [3.05, 3.63) is 59.7 Å². The molecule has 0 aliphatic carbocycles. The number of nitrogens with one attached hydrogen (secondary N) is 1. The molecule has 4 nitrogen and oxygen atoms in total. The van der Waals surface area contributed by atoms with Gasteiger partial charge in [-0.3, -0.25) is 0 Å². The molecule has 2 rings (SSSR count). The molecular formula is C22H32N2O2S. The Labute approximate surface area is 164 Å². The summed E-state index contributed by atoms with van der Waals surface area (Å²) in [7, 11) is -3.47. The number of rotatable bonds is 11. The van der Waals surface area contributed by atoms with Crippen LogP contribution in [0, 0.1) is 6.92 Å². The molecule has 0 spiro atoms. The number of nitrogens with zero attached hydrogens (tertiary/aromatic N) is 1. The van der Waals surface area contributed by atoms with Crippen LogP contribution in [0.25, 0.3) is 0 Å². The molecule has 0 saturated carbocycles. The molecule has 0 radical (unpaired) electrons. The van der Waals surface area contributed by atoms with Crippen molar-refractivity contribution in [1.29, 1.82) is 0 Å². The summed E-state index contributed by atoms with van der Waals surface area (Å²) in [6, 6.07) is 15.5. The first-order valence-electron chi connectivity index (χ1n) is 9.86. The minimum atomic E-state index is -3.47. The van der Waals surface area contributed by atoms with Gasteiger partial charge in [0.2, 0.25) is 10.0 Å². The fraction of sp³-hybridized carbons (Fsp3) is 0.455. The lowest BCUT2D eigenvalue weighted by atomic mass is 10.1. The molecular weight excluding hydrogens is 356 g/mol. The van der Waals surface area contributed by atoms with Gasteiger partial charge in [-0.05, 0) is 62.1 Å². The summed E-state index contributed by atoms with van der Waals surface area (Å²) in [5, 5.41) is 0. The second-order valence-corrected chi connectivity index (χ2v) is 8.68. The van der Waals surface area contributed by atoms with Crippen molar-refractivity contribution < 1.29 is 8.42 Å². The van der Waals surface area contributed by atoms with Crippen LogP contribution in [0.4, 0.5) is 5.69 Å². The van der Waals surface area contributed by atoms with Gasteiger partial charge in [0.25, 0.3) is 0 Å². The van der Waals surface area contributed by atoms with Crippen molar-refractivity contribution in [3.63, 3.8) is 0 Å². The first-order valence-corrected chi connectivity index (χ1v) is 11.3. The van der Waals surface area contributed by atoms with E-state index in [0.717, 1.165) is 25.1 Å². The van der Waals surface area contributed by atoms with E-state index in [0.29, 0.717) is 18.0 Å². The van der Waals surface area contributed by atoms with Crippen LogP contribution in [0.1, 0.15) is 44.2 Å². The molecule has 0 saturated heterocycles. The van der Waals surface area contributed by atoms with E-state index in [1.807, 2.05) is 18.2 Å². The van der Waals surface area contributed by atoms with Crippen LogP contribution < -0.4 is 9.62 Å². The maximum absolute atomic E-state index is 12.5. The Hall–Kier alpha value is -1.85. The Bertz CT molecular complexity index is 801. The molecule has 1 N–H and O–H groups in total. The van der Waals surface area contributed by atoms with Crippen molar-refractivity contribution in [3.8, 4) is 0 Å². The lowest BCUT2D eigenvalue weighted by Gasteiger charge is -2.23. The van der Waals surface area contributed by atoms with Crippen LogP contribution in [-0.4, -0.2) is 28.1 Å². The van der Waals surface area contributed by atoms with Crippen molar-refractivity contribution in [2.75, 3.05) is 24.5 Å². The number of hydrogen-bond donors (Lipinski definition) is 1. The monoisotopic (exact) mass is 388 g/mol. The predicted molar refractivity (Wildman–Crippen MR) is 114 cm³/mol. The molecule has 27 heavy (non-hydrogen) atoms. The molecule has 0 aliphatic rings. The highest BCUT2D eigenvalue weighted by Gasteiger charge is 2.14. The van der Waals surface area contributed by atoms with Crippen molar-refractivity contribution >= 4 is 15.7 Å². The Kier molecular flexibility index (Phi) is 8.32. The molecule has 0 fully saturated rings. The number of sulfonamides is 1. The van der Waals surface area contributed by atoms with E-state index in [2.05, 4.69) is 48.6 Å². The fourth-order valence-electron chi connectivity index (χ4n) is 3.11. The van der Waals surface area contributed by atoms with Gasteiger partial charge >= 0.3 is 0 Å². The second-order valence-electron chi connectivity index (χ2n) is 6.92. The van der Waals surface area contributed by atoms with Gasteiger partial charge in [0.15, 0.2) is 0 Å². The zero-order valence-electron chi connectivity index (χ0n) is 16.7. The number of aryl methyl sites for hydroxylation is 2. The minimum Gasteiger partial charge on any atom is -0.370 e. The van der Waals surface area contributed by atoms with E-state index >= 15 is 0 Å². The molecule has 148 valence electrons. The number of benzene rings is 2. The zero-order valence-corrected chi connectivity index (χ0v) is 17.6. The standard InChI is InChI=1S/C22H32N2O2S/c1-4-6-7-10-20-12-14-22(15-13-20)27(25,26)23-16-17-24(5-2)21-11-8-9-19(3)18-21/h8-9,11-15,18,23H,4-7,10,16-17H2,1-3H3. The molecule has 0 aliphatic heterocycles. The van der Waals surface area contributed by atoms with Gasteiger partial charge in [0, 0.05) is 25.3 Å². The summed E-state index contributed by atoms with van der Waals surface area (Å²) in [6.45, 7) is 8.16. The fourth-order valence-corrected chi connectivity index (χ4v) is 4.13. The number of hydrogen-bond acceptors (Lipinski definition) is 3. The van der Waals surface area contributed by atoms with E-state index < -0.39 is 10.0 Å². The van der Waals surface area contributed by atoms with Gasteiger partial charge in [-0.1, -0.05) is 44.0 Å². The molecule has 5 heteroatoms. The van der Waals surface area contributed by atoms with Gasteiger partial charge in [0.1, 0.15) is 0 Å². The highest BCUT2D eigenvalue weighted by molar-refractivity contribution is 7.89. The van der Waals surface area contributed by atoms with Crippen LogP contribution in [0.2, 0.25) is 0 Å². The van der Waals surface area contributed by atoms with Gasteiger partial charge in [-0.25, -0.2) is 13.1 Å². The molecule has 0 amide bonds. The maximum Gasteiger partial charge on any atom is 0.240 e. The third kappa shape index (κ3) is 6.67. The first-order chi connectivity index (χ1) is 13.0. The lowest BCUT2D eigenvalue weighted by molar-refractivity contribution is 0.581. The number of likely N-dealkylation sites (N-methyl/N-ethyl adjacent to an activating group) is 1. The molecule has 0 unspecified atom stereocenters. The van der Waals surface area contributed by atoms with E-state index in [4.69, 9.17) is 0 Å². The highest BCUT2D eigenvalue weighted by atomic mass is 32.2. The Morgan fingerprint density at radius 2 is 1.74 bits per heavy atom. The summed E-state index contributed by atoms with van der Waals surface area (Å²) in [6.07, 6.45) is 4.54. The van der Waals surface area contributed by atoms with E-state index in [1.54, 1.807) is 12.1 Å². The van der Waals surface area contributed by atoms with E-state index in [-0.39, 0.29) is 0 Å². The average Bonchev–Trinajstić information content (AvgIpc) is 2.66. The molecule has 0 bridgehead atoms. The van der Waals surface area contributed by atoms with Crippen molar-refractivity contribution in [2.24, 2.45) is 0 Å². The summed E-state index contributed by atoms with van der Waals surface area (Å²) < 4.78 is 27.8. The van der Waals surface area contributed by atoms with Crippen LogP contribution in [0.5, 0.6) is 0 Å². The maximum atomic E-state index is 12.5. The summed E-state index contributed by atoms with van der Waals surface area (Å²) in [5.74, 6) is 0. The van der Waals surface area contributed by atoms with Crippen LogP contribution >= 0.6 is 0 Å². The predicted octanol–water partition coefficient (Wildman–Crippen LogP) is 4.53. The summed E-state index contributed by atoms with van der Waals surface area (Å²) >= 11 is 0. The average molecular weight is 389 g/mol. The molecule has 2 aromatic rings.